The van der Waals surface area contributed by atoms with Crippen molar-refractivity contribution in [3.8, 4) is 0 Å². The first-order valence-electron chi connectivity index (χ1n) is 9.21. The molecule has 0 aliphatic rings. The molecule has 4 aromatic carbocycles. The van der Waals surface area contributed by atoms with Crippen LogP contribution in [0.15, 0.2) is 89.8 Å². The van der Waals surface area contributed by atoms with Crippen LogP contribution in [0.4, 0.5) is 20.2 Å². The van der Waals surface area contributed by atoms with Crippen LogP contribution in [0.5, 0.6) is 0 Å². The second-order valence-corrected chi connectivity index (χ2v) is 8.36. The molecule has 5 nitrogen and oxygen atoms in total. The summed E-state index contributed by atoms with van der Waals surface area (Å²) in [6.07, 6.45) is 0. The molecule has 0 atom stereocenters. The van der Waals surface area contributed by atoms with Crippen LogP contribution >= 0.6 is 0 Å². The quantitative estimate of drug-likeness (QED) is 0.451. The van der Waals surface area contributed by atoms with Gasteiger partial charge in [0.1, 0.15) is 17.2 Å². The molecule has 0 radical (unpaired) electrons. The third-order valence-electron chi connectivity index (χ3n) is 4.62. The summed E-state index contributed by atoms with van der Waals surface area (Å²) in [6, 6.07) is 21.0. The number of rotatable bonds is 5. The van der Waals surface area contributed by atoms with Crippen molar-refractivity contribution in [2.75, 3.05) is 10.0 Å². The average Bonchev–Trinajstić information content (AvgIpc) is 2.74. The molecule has 0 heterocycles. The van der Waals surface area contributed by atoms with Crippen LogP contribution in [-0.2, 0) is 10.0 Å². The fourth-order valence-electron chi connectivity index (χ4n) is 3.17. The molecule has 0 saturated carbocycles. The van der Waals surface area contributed by atoms with Crippen molar-refractivity contribution in [2.24, 2.45) is 0 Å². The molecule has 0 unspecified atom stereocenters. The van der Waals surface area contributed by atoms with Crippen molar-refractivity contribution in [3.05, 3.63) is 102 Å². The monoisotopic (exact) mass is 438 g/mol. The van der Waals surface area contributed by atoms with Crippen LogP contribution in [0.2, 0.25) is 0 Å². The molecular weight excluding hydrogens is 422 g/mol. The van der Waals surface area contributed by atoms with Crippen LogP contribution in [0, 0.1) is 11.6 Å². The maximum atomic E-state index is 13.7. The van der Waals surface area contributed by atoms with Gasteiger partial charge >= 0.3 is 0 Å². The summed E-state index contributed by atoms with van der Waals surface area (Å²) in [5.41, 5.74) is -0.174. The Balaban J connectivity index is 1.54. The van der Waals surface area contributed by atoms with Crippen LogP contribution in [0.25, 0.3) is 10.8 Å². The fourth-order valence-corrected chi connectivity index (χ4v) is 4.46. The van der Waals surface area contributed by atoms with Crippen LogP contribution < -0.4 is 10.0 Å². The molecule has 0 bridgehead atoms. The Kier molecular flexibility index (Phi) is 5.39. The predicted octanol–water partition coefficient (Wildman–Crippen LogP) is 5.17. The first-order chi connectivity index (χ1) is 14.8. The highest BCUT2D eigenvalue weighted by molar-refractivity contribution is 7.93. The predicted molar refractivity (Wildman–Crippen MR) is 116 cm³/mol. The van der Waals surface area contributed by atoms with Gasteiger partial charge in [-0.3, -0.25) is 9.52 Å². The van der Waals surface area contributed by atoms with Gasteiger partial charge in [0.05, 0.1) is 4.90 Å². The number of hydrogen-bond donors (Lipinski definition) is 2. The van der Waals surface area contributed by atoms with E-state index in [1.807, 2.05) is 18.2 Å². The van der Waals surface area contributed by atoms with Crippen molar-refractivity contribution in [3.63, 3.8) is 0 Å². The lowest BCUT2D eigenvalue weighted by molar-refractivity contribution is 0.101. The van der Waals surface area contributed by atoms with E-state index < -0.39 is 33.1 Å². The van der Waals surface area contributed by atoms with E-state index in [1.165, 1.54) is 30.3 Å². The summed E-state index contributed by atoms with van der Waals surface area (Å²) >= 11 is 0. The fraction of sp³-hybridized carbons (Fsp3) is 0. The van der Waals surface area contributed by atoms with E-state index in [9.17, 15) is 22.0 Å². The Hall–Kier alpha value is -3.78. The molecule has 0 saturated heterocycles. The van der Waals surface area contributed by atoms with Gasteiger partial charge in [-0.2, -0.15) is 0 Å². The van der Waals surface area contributed by atoms with Gasteiger partial charge in [-0.15, -0.1) is 0 Å². The number of fused-ring (bicyclic) bond motifs is 1. The van der Waals surface area contributed by atoms with E-state index in [1.54, 1.807) is 18.2 Å². The van der Waals surface area contributed by atoms with Gasteiger partial charge in [-0.25, -0.2) is 17.2 Å². The number of amides is 1. The molecular formula is C23H16F2N2O3S. The van der Waals surface area contributed by atoms with Gasteiger partial charge < -0.3 is 5.32 Å². The lowest BCUT2D eigenvalue weighted by Crippen LogP contribution is -2.16. The minimum absolute atomic E-state index is 0.137. The Labute approximate surface area is 177 Å². The lowest BCUT2D eigenvalue weighted by atomic mass is 10.1. The molecule has 0 aliphatic carbocycles. The number of hydrogen-bond acceptors (Lipinski definition) is 3. The highest BCUT2D eigenvalue weighted by Gasteiger charge is 2.19. The van der Waals surface area contributed by atoms with E-state index in [0.29, 0.717) is 5.39 Å². The Morgan fingerprint density at radius 3 is 2.00 bits per heavy atom. The second-order valence-electron chi connectivity index (χ2n) is 6.71. The number of nitrogens with one attached hydrogen (secondary N) is 2. The van der Waals surface area contributed by atoms with E-state index in [4.69, 9.17) is 0 Å². The van der Waals surface area contributed by atoms with Crippen LogP contribution in [-0.4, -0.2) is 14.3 Å². The summed E-state index contributed by atoms with van der Waals surface area (Å²) in [5, 5.41) is 3.78. The molecule has 0 aliphatic heterocycles. The SMILES string of the molecule is O=C(Nc1ccc(NS(=O)(=O)c2cccc3ccccc23)cc1)c1c(F)cccc1F. The number of carbonyl (C=O) groups excluding carboxylic acids is 1. The van der Waals surface area contributed by atoms with E-state index in [2.05, 4.69) is 10.0 Å². The van der Waals surface area contributed by atoms with Crippen LogP contribution in [0.3, 0.4) is 0 Å². The van der Waals surface area contributed by atoms with Gasteiger partial charge in [0.15, 0.2) is 0 Å². The van der Waals surface area contributed by atoms with Gasteiger partial charge in [0, 0.05) is 16.8 Å². The molecule has 0 aromatic heterocycles. The smallest absolute Gasteiger partial charge is 0.262 e. The molecule has 1 amide bonds. The number of anilines is 2. The zero-order valence-electron chi connectivity index (χ0n) is 16.0. The van der Waals surface area contributed by atoms with Gasteiger partial charge in [-0.05, 0) is 47.9 Å². The molecule has 0 fully saturated rings. The molecule has 8 heteroatoms. The summed E-state index contributed by atoms with van der Waals surface area (Å²) < 4.78 is 55.7. The zero-order chi connectivity index (χ0) is 22.0. The maximum absolute atomic E-state index is 13.7. The van der Waals surface area contributed by atoms with Crippen molar-refractivity contribution in [1.82, 2.24) is 0 Å². The number of sulfonamides is 1. The van der Waals surface area contributed by atoms with Crippen molar-refractivity contribution < 1.29 is 22.0 Å². The molecule has 0 spiro atoms. The highest BCUT2D eigenvalue weighted by atomic mass is 32.2. The molecule has 4 aromatic rings. The summed E-state index contributed by atoms with van der Waals surface area (Å²) in [7, 11) is -3.87. The zero-order valence-corrected chi connectivity index (χ0v) is 16.8. The molecule has 156 valence electrons. The number of carbonyl (C=O) groups is 1. The number of halogens is 2. The Morgan fingerprint density at radius 2 is 1.29 bits per heavy atom. The average molecular weight is 438 g/mol. The first kappa shape index (κ1) is 20.5. The largest absolute Gasteiger partial charge is 0.322 e. The second kappa shape index (κ2) is 8.16. The standard InChI is InChI=1S/C23H16F2N2O3S/c24-19-8-4-9-20(25)22(19)23(28)26-16-11-13-17(14-12-16)27-31(29,30)21-10-3-6-15-5-1-2-7-18(15)21/h1-14,27H,(H,26,28). The molecule has 4 rings (SSSR count). The molecule has 31 heavy (non-hydrogen) atoms. The lowest BCUT2D eigenvalue weighted by Gasteiger charge is -2.12. The molecule has 2 N–H and O–H groups in total. The minimum atomic E-state index is -3.87. The summed E-state index contributed by atoms with van der Waals surface area (Å²) in [5.74, 6) is -2.89. The van der Waals surface area contributed by atoms with Crippen LogP contribution in [0.1, 0.15) is 10.4 Å². The van der Waals surface area contributed by atoms with Gasteiger partial charge in [0.25, 0.3) is 15.9 Å². The number of benzene rings is 4. The minimum Gasteiger partial charge on any atom is -0.322 e. The first-order valence-corrected chi connectivity index (χ1v) is 10.7. The third kappa shape index (κ3) is 4.24. The van der Waals surface area contributed by atoms with E-state index in [-0.39, 0.29) is 16.3 Å². The van der Waals surface area contributed by atoms with Crippen molar-refractivity contribution >= 4 is 38.1 Å². The van der Waals surface area contributed by atoms with Gasteiger partial charge in [0.2, 0.25) is 0 Å². The Bertz CT molecular complexity index is 1360. The summed E-state index contributed by atoms with van der Waals surface area (Å²) in [6.45, 7) is 0. The topological polar surface area (TPSA) is 75.3 Å². The van der Waals surface area contributed by atoms with Crippen molar-refractivity contribution in [1.29, 1.82) is 0 Å². The third-order valence-corrected chi connectivity index (χ3v) is 6.06. The maximum Gasteiger partial charge on any atom is 0.262 e. The highest BCUT2D eigenvalue weighted by Crippen LogP contribution is 2.25. The Morgan fingerprint density at radius 1 is 0.710 bits per heavy atom. The normalized spacial score (nSPS) is 11.3. The van der Waals surface area contributed by atoms with Gasteiger partial charge in [-0.1, -0.05) is 42.5 Å². The summed E-state index contributed by atoms with van der Waals surface area (Å²) in [4.78, 5) is 12.3. The van der Waals surface area contributed by atoms with Crippen molar-refractivity contribution in [2.45, 2.75) is 4.90 Å². The van der Waals surface area contributed by atoms with E-state index >= 15 is 0 Å². The van der Waals surface area contributed by atoms with E-state index in [0.717, 1.165) is 23.6 Å².